The average molecular weight is 478 g/mol. The lowest BCUT2D eigenvalue weighted by Crippen LogP contribution is -2.24. The minimum absolute atomic E-state index is 0.0232. The SMILES string of the molecule is Cc1cc2c(-c3ccc(Cl)cc3F)nc(C3COCC(c4cnn(C5CC5)c4)C3)nc2nc1C. The Hall–Kier alpha value is -2.90. The normalized spacial score (nSPS) is 20.7. The van der Waals surface area contributed by atoms with Crippen LogP contribution in [0, 0.1) is 19.7 Å². The summed E-state index contributed by atoms with van der Waals surface area (Å²) in [4.78, 5) is 14.4. The van der Waals surface area contributed by atoms with Crippen molar-refractivity contribution in [2.24, 2.45) is 0 Å². The molecule has 2 aliphatic rings. The van der Waals surface area contributed by atoms with Gasteiger partial charge in [-0.3, -0.25) is 4.68 Å². The highest BCUT2D eigenvalue weighted by Gasteiger charge is 2.31. The number of pyridine rings is 1. The molecule has 174 valence electrons. The molecule has 6 nitrogen and oxygen atoms in total. The van der Waals surface area contributed by atoms with Gasteiger partial charge < -0.3 is 4.74 Å². The second-order valence-electron chi connectivity index (χ2n) is 9.47. The van der Waals surface area contributed by atoms with Crippen LogP contribution in [0.3, 0.4) is 0 Å². The molecule has 2 atom stereocenters. The maximum Gasteiger partial charge on any atom is 0.163 e. The van der Waals surface area contributed by atoms with Crippen molar-refractivity contribution < 1.29 is 9.13 Å². The first-order chi connectivity index (χ1) is 16.5. The molecule has 3 aromatic heterocycles. The van der Waals surface area contributed by atoms with Crippen molar-refractivity contribution in [2.45, 2.75) is 51.0 Å². The first-order valence-corrected chi connectivity index (χ1v) is 12.1. The highest BCUT2D eigenvalue weighted by Crippen LogP contribution is 2.38. The number of nitrogens with zero attached hydrogens (tertiary/aromatic N) is 5. The van der Waals surface area contributed by atoms with Crippen molar-refractivity contribution in [2.75, 3.05) is 13.2 Å². The molecule has 1 saturated carbocycles. The van der Waals surface area contributed by atoms with Gasteiger partial charge in [-0.2, -0.15) is 5.10 Å². The summed E-state index contributed by atoms with van der Waals surface area (Å²) in [5.41, 5.74) is 4.58. The number of aromatic nitrogens is 5. The van der Waals surface area contributed by atoms with Gasteiger partial charge in [0, 0.05) is 39.7 Å². The molecule has 34 heavy (non-hydrogen) atoms. The van der Waals surface area contributed by atoms with Crippen molar-refractivity contribution >= 4 is 22.6 Å². The average Bonchev–Trinajstić information content (AvgIpc) is 3.56. The fraction of sp³-hybridized carbons (Fsp3) is 0.385. The van der Waals surface area contributed by atoms with Crippen molar-refractivity contribution in [3.63, 3.8) is 0 Å². The highest BCUT2D eigenvalue weighted by atomic mass is 35.5. The lowest BCUT2D eigenvalue weighted by molar-refractivity contribution is 0.0621. The van der Waals surface area contributed by atoms with E-state index in [1.54, 1.807) is 12.1 Å². The molecule has 8 heteroatoms. The van der Waals surface area contributed by atoms with E-state index in [0.717, 1.165) is 23.1 Å². The topological polar surface area (TPSA) is 65.7 Å². The minimum atomic E-state index is -0.415. The summed E-state index contributed by atoms with van der Waals surface area (Å²) in [7, 11) is 0. The summed E-state index contributed by atoms with van der Waals surface area (Å²) in [6.45, 7) is 5.11. The van der Waals surface area contributed by atoms with E-state index in [2.05, 4.69) is 16.0 Å². The van der Waals surface area contributed by atoms with Crippen molar-refractivity contribution in [3.8, 4) is 11.3 Å². The molecule has 1 aromatic carbocycles. The van der Waals surface area contributed by atoms with Crippen LogP contribution in [-0.4, -0.2) is 37.9 Å². The van der Waals surface area contributed by atoms with Crippen LogP contribution in [0.2, 0.25) is 5.02 Å². The lowest BCUT2D eigenvalue weighted by atomic mass is 9.88. The monoisotopic (exact) mass is 477 g/mol. The Morgan fingerprint density at radius 3 is 2.68 bits per heavy atom. The van der Waals surface area contributed by atoms with Crippen LogP contribution in [0.5, 0.6) is 0 Å². The number of hydrogen-bond acceptors (Lipinski definition) is 5. The van der Waals surface area contributed by atoms with E-state index < -0.39 is 5.82 Å². The van der Waals surface area contributed by atoms with Gasteiger partial charge in [0.25, 0.3) is 0 Å². The van der Waals surface area contributed by atoms with Gasteiger partial charge in [-0.15, -0.1) is 0 Å². The van der Waals surface area contributed by atoms with Crippen LogP contribution in [0.15, 0.2) is 36.7 Å². The first-order valence-electron chi connectivity index (χ1n) is 11.7. The number of rotatable bonds is 4. The van der Waals surface area contributed by atoms with Crippen LogP contribution in [0.4, 0.5) is 4.39 Å². The predicted octanol–water partition coefficient (Wildman–Crippen LogP) is 5.92. The van der Waals surface area contributed by atoms with E-state index in [4.69, 9.17) is 31.3 Å². The molecule has 6 rings (SSSR count). The summed E-state index contributed by atoms with van der Waals surface area (Å²) in [5.74, 6) is 0.410. The Morgan fingerprint density at radius 1 is 1.06 bits per heavy atom. The van der Waals surface area contributed by atoms with Crippen molar-refractivity contribution in [1.82, 2.24) is 24.7 Å². The first kappa shape index (κ1) is 21.6. The minimum Gasteiger partial charge on any atom is -0.380 e. The number of hydrogen-bond donors (Lipinski definition) is 0. The van der Waals surface area contributed by atoms with Gasteiger partial charge in [0.2, 0.25) is 0 Å². The summed E-state index contributed by atoms with van der Waals surface area (Å²) >= 11 is 6.01. The fourth-order valence-corrected chi connectivity index (χ4v) is 4.84. The van der Waals surface area contributed by atoms with Gasteiger partial charge in [-0.25, -0.2) is 19.3 Å². The molecule has 0 amide bonds. The molecule has 0 bridgehead atoms. The zero-order valence-electron chi connectivity index (χ0n) is 19.1. The van der Waals surface area contributed by atoms with Crippen molar-refractivity contribution in [1.29, 1.82) is 0 Å². The van der Waals surface area contributed by atoms with Crippen LogP contribution < -0.4 is 0 Å². The second kappa shape index (κ2) is 8.40. The van der Waals surface area contributed by atoms with Gasteiger partial charge in [-0.05, 0) is 68.5 Å². The largest absolute Gasteiger partial charge is 0.380 e. The van der Waals surface area contributed by atoms with E-state index in [-0.39, 0.29) is 11.8 Å². The van der Waals surface area contributed by atoms with Crippen LogP contribution in [0.1, 0.15) is 59.8 Å². The summed E-state index contributed by atoms with van der Waals surface area (Å²) in [5, 5.41) is 5.62. The fourth-order valence-electron chi connectivity index (χ4n) is 4.68. The van der Waals surface area contributed by atoms with Gasteiger partial charge in [0.1, 0.15) is 11.6 Å². The number of benzene rings is 1. The molecule has 4 heterocycles. The molecule has 0 radical (unpaired) electrons. The number of ether oxygens (including phenoxy) is 1. The van der Waals surface area contributed by atoms with Crippen LogP contribution in [0.25, 0.3) is 22.3 Å². The molecule has 2 unspecified atom stereocenters. The van der Waals surface area contributed by atoms with Gasteiger partial charge in [0.15, 0.2) is 5.65 Å². The van der Waals surface area contributed by atoms with Crippen LogP contribution in [-0.2, 0) is 4.74 Å². The molecule has 1 saturated heterocycles. The zero-order valence-corrected chi connectivity index (χ0v) is 19.9. The number of halogens is 2. The summed E-state index contributed by atoms with van der Waals surface area (Å²) in [6, 6.07) is 7.20. The molecule has 0 N–H and O–H groups in total. The van der Waals surface area contributed by atoms with Gasteiger partial charge >= 0.3 is 0 Å². The van der Waals surface area contributed by atoms with Crippen molar-refractivity contribution in [3.05, 3.63) is 70.1 Å². The number of fused-ring (bicyclic) bond motifs is 1. The standard InChI is InChI=1S/C26H25ClFN5O/c1-14-7-22-24(21-6-3-19(27)9-23(21)28)31-25(32-26(22)30-15(14)2)17-8-16(12-34-13-17)18-10-29-33(11-18)20-4-5-20/h3,6-7,9-11,16-17,20H,4-5,8,12-13H2,1-2H3. The third-order valence-corrected chi connectivity index (χ3v) is 7.16. The van der Waals surface area contributed by atoms with Gasteiger partial charge in [0.05, 0.1) is 31.1 Å². The third kappa shape index (κ3) is 3.97. The third-order valence-electron chi connectivity index (χ3n) is 6.92. The summed E-state index contributed by atoms with van der Waals surface area (Å²) in [6.07, 6.45) is 7.35. The molecule has 2 fully saturated rings. The summed E-state index contributed by atoms with van der Waals surface area (Å²) < 4.78 is 23.0. The quantitative estimate of drug-likeness (QED) is 0.365. The molecule has 1 aliphatic heterocycles. The van der Waals surface area contributed by atoms with E-state index in [9.17, 15) is 4.39 Å². The van der Waals surface area contributed by atoms with Gasteiger partial charge in [-0.1, -0.05) is 11.6 Å². The Labute approximate surface area is 202 Å². The zero-order chi connectivity index (χ0) is 23.4. The Kier molecular flexibility index (Phi) is 5.34. The molecular weight excluding hydrogens is 453 g/mol. The van der Waals surface area contributed by atoms with E-state index in [1.165, 1.54) is 24.5 Å². The van der Waals surface area contributed by atoms with E-state index in [1.807, 2.05) is 26.1 Å². The smallest absolute Gasteiger partial charge is 0.163 e. The molecule has 0 spiro atoms. The predicted molar refractivity (Wildman–Crippen MR) is 129 cm³/mol. The Morgan fingerprint density at radius 2 is 1.88 bits per heavy atom. The lowest BCUT2D eigenvalue weighted by Gasteiger charge is -2.28. The maximum atomic E-state index is 15.0. The molecular formula is C26H25ClFN5O. The second-order valence-corrected chi connectivity index (χ2v) is 9.90. The molecule has 4 aromatic rings. The maximum absolute atomic E-state index is 15.0. The Balaban J connectivity index is 1.41. The van der Waals surface area contributed by atoms with Crippen LogP contribution >= 0.6 is 11.6 Å². The Bertz CT molecular complexity index is 1400. The highest BCUT2D eigenvalue weighted by molar-refractivity contribution is 6.30. The van der Waals surface area contributed by atoms with E-state index in [0.29, 0.717) is 47.0 Å². The molecule has 1 aliphatic carbocycles. The number of aryl methyl sites for hydroxylation is 2. The van der Waals surface area contributed by atoms with E-state index >= 15 is 0 Å².